The number of hydrogen-bond acceptors (Lipinski definition) is 3. The summed E-state index contributed by atoms with van der Waals surface area (Å²) in [5, 5.41) is 6.97. The number of nitrogens with zero attached hydrogens (tertiary/aromatic N) is 2. The van der Waals surface area contributed by atoms with Crippen LogP contribution < -0.4 is 10.6 Å². The van der Waals surface area contributed by atoms with E-state index in [1.165, 1.54) is 32.1 Å². The van der Waals surface area contributed by atoms with Crippen molar-refractivity contribution in [3.63, 3.8) is 0 Å². The highest BCUT2D eigenvalue weighted by molar-refractivity contribution is 14.0. The minimum Gasteiger partial charge on any atom is -0.379 e. The molecule has 1 saturated heterocycles. The third kappa shape index (κ3) is 6.20. The molecule has 0 radical (unpaired) electrons. The van der Waals surface area contributed by atoms with Gasteiger partial charge in [0.05, 0.1) is 13.2 Å². The largest absolute Gasteiger partial charge is 0.379 e. The van der Waals surface area contributed by atoms with Crippen LogP contribution in [0, 0.1) is 5.41 Å². The Bertz CT molecular complexity index is 328. The van der Waals surface area contributed by atoms with E-state index in [-0.39, 0.29) is 24.0 Å². The minimum absolute atomic E-state index is 0. The summed E-state index contributed by atoms with van der Waals surface area (Å²) in [5.74, 6) is 0.950. The van der Waals surface area contributed by atoms with E-state index in [4.69, 9.17) is 4.74 Å². The molecule has 2 N–H and O–H groups in total. The van der Waals surface area contributed by atoms with E-state index in [9.17, 15) is 0 Å². The second kappa shape index (κ2) is 10.6. The molecule has 0 aromatic rings. The third-order valence-corrected chi connectivity index (χ3v) is 4.87. The predicted molar refractivity (Wildman–Crippen MR) is 103 cm³/mol. The maximum absolute atomic E-state index is 5.37. The summed E-state index contributed by atoms with van der Waals surface area (Å²) in [6.07, 6.45) is 6.76. The van der Waals surface area contributed by atoms with Gasteiger partial charge in [-0.2, -0.15) is 0 Å². The molecule has 0 unspecified atom stereocenters. The van der Waals surface area contributed by atoms with Crippen molar-refractivity contribution < 1.29 is 4.74 Å². The monoisotopic (exact) mass is 424 g/mol. The van der Waals surface area contributed by atoms with E-state index in [2.05, 4.69) is 27.4 Å². The van der Waals surface area contributed by atoms with Gasteiger partial charge in [-0.15, -0.1) is 24.0 Å². The van der Waals surface area contributed by atoms with Crippen molar-refractivity contribution >= 4 is 29.9 Å². The van der Waals surface area contributed by atoms with Crippen molar-refractivity contribution in [1.29, 1.82) is 0 Å². The highest BCUT2D eigenvalue weighted by atomic mass is 127. The minimum atomic E-state index is 0. The summed E-state index contributed by atoms with van der Waals surface area (Å²) in [7, 11) is 1.86. The average Bonchev–Trinajstić information content (AvgIpc) is 2.48. The van der Waals surface area contributed by atoms with Crippen LogP contribution >= 0.6 is 24.0 Å². The molecule has 1 aliphatic carbocycles. The van der Waals surface area contributed by atoms with Crippen LogP contribution in [0.4, 0.5) is 0 Å². The number of morpholine rings is 1. The third-order valence-electron chi connectivity index (χ3n) is 4.87. The first-order chi connectivity index (χ1) is 10.3. The molecular formula is C16H33IN4O. The number of ether oxygens (including phenoxy) is 1. The van der Waals surface area contributed by atoms with E-state index in [0.29, 0.717) is 5.41 Å². The molecule has 1 saturated carbocycles. The molecule has 0 bridgehead atoms. The summed E-state index contributed by atoms with van der Waals surface area (Å²) in [6, 6.07) is 0. The lowest BCUT2D eigenvalue weighted by atomic mass is 9.66. The Morgan fingerprint density at radius 1 is 1.23 bits per heavy atom. The Balaban J connectivity index is 0.00000242. The fourth-order valence-electron chi connectivity index (χ4n) is 3.37. The summed E-state index contributed by atoms with van der Waals surface area (Å²) in [4.78, 5) is 6.78. The molecule has 0 amide bonds. The Labute approximate surface area is 152 Å². The van der Waals surface area contributed by atoms with Gasteiger partial charge in [0.15, 0.2) is 5.96 Å². The first-order valence-electron chi connectivity index (χ1n) is 8.53. The van der Waals surface area contributed by atoms with Gasteiger partial charge >= 0.3 is 0 Å². The van der Waals surface area contributed by atoms with Crippen molar-refractivity contribution in [2.75, 3.05) is 53.0 Å². The van der Waals surface area contributed by atoms with Crippen molar-refractivity contribution in [1.82, 2.24) is 15.5 Å². The van der Waals surface area contributed by atoms with Crippen LogP contribution in [0.25, 0.3) is 0 Å². The molecule has 6 heteroatoms. The molecule has 2 fully saturated rings. The van der Waals surface area contributed by atoms with Crippen LogP contribution in [0.3, 0.4) is 0 Å². The van der Waals surface area contributed by atoms with Crippen LogP contribution in [0.1, 0.15) is 39.0 Å². The van der Waals surface area contributed by atoms with Crippen LogP contribution in [-0.4, -0.2) is 63.8 Å². The molecular weight excluding hydrogens is 391 g/mol. The van der Waals surface area contributed by atoms with E-state index in [1.54, 1.807) is 0 Å². The van der Waals surface area contributed by atoms with Gasteiger partial charge in [0.25, 0.3) is 0 Å². The summed E-state index contributed by atoms with van der Waals surface area (Å²) < 4.78 is 5.37. The highest BCUT2D eigenvalue weighted by Crippen LogP contribution is 2.44. The maximum Gasteiger partial charge on any atom is 0.191 e. The second-order valence-corrected chi connectivity index (χ2v) is 6.41. The van der Waals surface area contributed by atoms with E-state index in [0.717, 1.165) is 51.9 Å². The fourth-order valence-corrected chi connectivity index (χ4v) is 3.37. The van der Waals surface area contributed by atoms with Crippen LogP contribution in [-0.2, 0) is 4.74 Å². The van der Waals surface area contributed by atoms with Crippen molar-refractivity contribution in [3.8, 4) is 0 Å². The Kier molecular flexibility index (Phi) is 9.66. The molecule has 1 heterocycles. The fraction of sp³-hybridized carbons (Fsp3) is 0.938. The number of halogens is 1. The molecule has 0 spiro atoms. The molecule has 130 valence electrons. The lowest BCUT2D eigenvalue weighted by molar-refractivity contribution is 0.0389. The van der Waals surface area contributed by atoms with Gasteiger partial charge < -0.3 is 15.4 Å². The Morgan fingerprint density at radius 3 is 2.50 bits per heavy atom. The lowest BCUT2D eigenvalue weighted by Crippen LogP contribution is -2.48. The van der Waals surface area contributed by atoms with Gasteiger partial charge in [-0.3, -0.25) is 9.89 Å². The molecule has 2 rings (SSSR count). The summed E-state index contributed by atoms with van der Waals surface area (Å²) >= 11 is 0. The van der Waals surface area contributed by atoms with Crippen molar-refractivity contribution in [2.24, 2.45) is 10.4 Å². The van der Waals surface area contributed by atoms with E-state index < -0.39 is 0 Å². The molecule has 0 aromatic heterocycles. The summed E-state index contributed by atoms with van der Waals surface area (Å²) in [6.45, 7) is 9.19. The van der Waals surface area contributed by atoms with E-state index >= 15 is 0 Å². The quantitative estimate of drug-likeness (QED) is 0.373. The first kappa shape index (κ1) is 20.0. The molecule has 0 atom stereocenters. The van der Waals surface area contributed by atoms with Crippen LogP contribution in [0.2, 0.25) is 0 Å². The normalized spacial score (nSPS) is 21.6. The molecule has 1 aliphatic heterocycles. The zero-order valence-corrected chi connectivity index (χ0v) is 16.5. The first-order valence-corrected chi connectivity index (χ1v) is 8.53. The van der Waals surface area contributed by atoms with Gasteiger partial charge in [0.2, 0.25) is 0 Å². The van der Waals surface area contributed by atoms with Crippen LogP contribution in [0.15, 0.2) is 4.99 Å². The van der Waals surface area contributed by atoms with E-state index in [1.807, 2.05) is 7.05 Å². The summed E-state index contributed by atoms with van der Waals surface area (Å²) in [5.41, 5.74) is 0.538. The number of aliphatic imine (C=N–C) groups is 1. The number of hydrogen-bond donors (Lipinski definition) is 2. The highest BCUT2D eigenvalue weighted by Gasteiger charge is 2.35. The topological polar surface area (TPSA) is 48.9 Å². The Hall–Kier alpha value is -0.0800. The van der Waals surface area contributed by atoms with Crippen molar-refractivity contribution in [3.05, 3.63) is 0 Å². The molecule has 22 heavy (non-hydrogen) atoms. The lowest BCUT2D eigenvalue weighted by Gasteiger charge is -2.42. The second-order valence-electron chi connectivity index (χ2n) is 6.41. The van der Waals surface area contributed by atoms with Gasteiger partial charge in [-0.05, 0) is 24.7 Å². The molecule has 0 aromatic carbocycles. The molecule has 2 aliphatic rings. The maximum atomic E-state index is 5.37. The van der Waals surface area contributed by atoms with Gasteiger partial charge in [-0.25, -0.2) is 0 Å². The van der Waals surface area contributed by atoms with Gasteiger partial charge in [0, 0.05) is 39.8 Å². The van der Waals surface area contributed by atoms with Crippen molar-refractivity contribution in [2.45, 2.75) is 39.0 Å². The standard InChI is InChI=1S/C16H32N4O.HI/c1-3-5-16(6-4-7-16)14-19-15(17-2)18-8-9-20-10-12-21-13-11-20;/h3-14H2,1-2H3,(H2,17,18,19);1H. The van der Waals surface area contributed by atoms with Gasteiger partial charge in [-0.1, -0.05) is 19.8 Å². The molecule has 5 nitrogen and oxygen atoms in total. The van der Waals surface area contributed by atoms with Gasteiger partial charge in [0.1, 0.15) is 0 Å². The smallest absolute Gasteiger partial charge is 0.191 e. The number of nitrogens with one attached hydrogen (secondary N) is 2. The predicted octanol–water partition coefficient (Wildman–Crippen LogP) is 2.07. The zero-order chi connectivity index (χ0) is 15.0. The number of rotatable bonds is 7. The zero-order valence-electron chi connectivity index (χ0n) is 14.2. The Morgan fingerprint density at radius 2 is 1.95 bits per heavy atom. The van der Waals surface area contributed by atoms with Crippen LogP contribution in [0.5, 0.6) is 0 Å². The average molecular weight is 424 g/mol. The SMILES string of the molecule is CCCC1(CNC(=NC)NCCN2CCOCC2)CCC1.I. The number of guanidine groups is 1.